The highest BCUT2D eigenvalue weighted by atomic mass is 19.1. The molecule has 0 N–H and O–H groups in total. The van der Waals surface area contributed by atoms with Gasteiger partial charge in [0.1, 0.15) is 11.6 Å². The molecule has 1 aromatic carbocycles. The summed E-state index contributed by atoms with van der Waals surface area (Å²) in [5.41, 5.74) is 2.93. The number of aryl methyl sites for hydroxylation is 1. The Bertz CT molecular complexity index is 1280. The highest BCUT2D eigenvalue weighted by molar-refractivity contribution is 5.97. The lowest BCUT2D eigenvalue weighted by Gasteiger charge is -2.48. The van der Waals surface area contributed by atoms with Crippen LogP contribution in [-0.2, 0) is 11.8 Å². The van der Waals surface area contributed by atoms with Gasteiger partial charge in [-0.25, -0.2) is 14.2 Å². The number of hydrogen-bond donors (Lipinski definition) is 0. The number of rotatable bonds is 4. The van der Waals surface area contributed by atoms with E-state index in [0.29, 0.717) is 12.6 Å². The number of pyridine rings is 1. The lowest BCUT2D eigenvalue weighted by molar-refractivity contribution is -0.00294. The maximum absolute atomic E-state index is 14.4. The smallest absolute Gasteiger partial charge is 0.409 e. The predicted molar refractivity (Wildman–Crippen MR) is 136 cm³/mol. The fraction of sp³-hybridized carbons (Fsp3) is 0.519. The van der Waals surface area contributed by atoms with Crippen molar-refractivity contribution in [2.24, 2.45) is 12.5 Å². The lowest BCUT2D eigenvalue weighted by Crippen LogP contribution is -2.58. The molecule has 1 atom stereocenters. The van der Waals surface area contributed by atoms with Crippen LogP contribution in [0.2, 0.25) is 0 Å². The molecule has 1 amide bonds. The van der Waals surface area contributed by atoms with Gasteiger partial charge in [-0.15, -0.1) is 0 Å². The van der Waals surface area contributed by atoms with Crippen LogP contribution in [0.25, 0.3) is 22.0 Å². The summed E-state index contributed by atoms with van der Waals surface area (Å²) in [6.07, 6.45) is 6.63. The molecular weight excluding hydrogens is 459 g/mol. The van der Waals surface area contributed by atoms with Crippen molar-refractivity contribution < 1.29 is 13.9 Å². The number of ether oxygens (including phenoxy) is 1. The Hall–Kier alpha value is -3.20. The van der Waals surface area contributed by atoms with Gasteiger partial charge in [0.2, 0.25) is 0 Å². The van der Waals surface area contributed by atoms with Crippen LogP contribution in [0.5, 0.6) is 0 Å². The normalized spacial score (nSPS) is 21.8. The maximum Gasteiger partial charge on any atom is 0.409 e. The highest BCUT2D eigenvalue weighted by Gasteiger charge is 2.51. The monoisotopic (exact) mass is 492 g/mol. The molecule has 2 saturated heterocycles. The molecule has 1 saturated carbocycles. The molecule has 3 aliphatic rings. The Morgan fingerprint density at radius 1 is 1.19 bits per heavy atom. The zero-order valence-corrected chi connectivity index (χ0v) is 21.0. The van der Waals surface area contributed by atoms with Gasteiger partial charge in [-0.1, -0.05) is 12.1 Å². The third-order valence-electron chi connectivity index (χ3n) is 8.17. The van der Waals surface area contributed by atoms with E-state index in [9.17, 15) is 9.18 Å². The van der Waals surface area contributed by atoms with Crippen LogP contribution < -0.4 is 4.90 Å². The summed E-state index contributed by atoms with van der Waals surface area (Å²) in [6, 6.07) is 8.13. The van der Waals surface area contributed by atoms with E-state index in [1.807, 2.05) is 43.3 Å². The van der Waals surface area contributed by atoms with Gasteiger partial charge in [0.25, 0.3) is 0 Å². The number of aromatic nitrogens is 3. The third kappa shape index (κ3) is 4.09. The lowest BCUT2D eigenvalue weighted by atomic mass is 9.78. The molecule has 0 radical (unpaired) electrons. The van der Waals surface area contributed by atoms with E-state index in [0.717, 1.165) is 73.5 Å². The molecule has 190 valence electrons. The average molecular weight is 493 g/mol. The molecule has 2 aliphatic heterocycles. The van der Waals surface area contributed by atoms with E-state index < -0.39 is 0 Å². The van der Waals surface area contributed by atoms with E-state index >= 15 is 0 Å². The first-order valence-electron chi connectivity index (χ1n) is 12.9. The average Bonchev–Trinajstić information content (AvgIpc) is 3.47. The summed E-state index contributed by atoms with van der Waals surface area (Å²) in [4.78, 5) is 23.3. The number of halogens is 1. The molecule has 9 heteroatoms. The Balaban J connectivity index is 1.14. The van der Waals surface area contributed by atoms with Gasteiger partial charge in [-0.2, -0.15) is 5.10 Å². The fourth-order valence-electron chi connectivity index (χ4n) is 6.46. The molecule has 4 heterocycles. The van der Waals surface area contributed by atoms with Crippen molar-refractivity contribution >= 4 is 22.8 Å². The first-order chi connectivity index (χ1) is 17.4. The van der Waals surface area contributed by atoms with Crippen LogP contribution in [0.15, 0.2) is 36.7 Å². The number of nitrogens with zero attached hydrogens (tertiary/aromatic N) is 6. The number of carbonyl (C=O) groups excluding carboxylic acids is 1. The van der Waals surface area contributed by atoms with E-state index in [-0.39, 0.29) is 17.3 Å². The number of likely N-dealkylation sites (tertiary alicyclic amines) is 1. The van der Waals surface area contributed by atoms with Crippen molar-refractivity contribution in [1.82, 2.24) is 24.6 Å². The summed E-state index contributed by atoms with van der Waals surface area (Å²) in [5.74, 6) is 0.501. The maximum atomic E-state index is 14.4. The summed E-state index contributed by atoms with van der Waals surface area (Å²) < 4.78 is 21.3. The number of benzene rings is 1. The van der Waals surface area contributed by atoms with Gasteiger partial charge in [-0.3, -0.25) is 9.58 Å². The van der Waals surface area contributed by atoms with Gasteiger partial charge in [0.15, 0.2) is 0 Å². The third-order valence-corrected chi connectivity index (χ3v) is 8.17. The number of fused-ring (bicyclic) bond motifs is 1. The Kier molecular flexibility index (Phi) is 5.82. The summed E-state index contributed by atoms with van der Waals surface area (Å²) in [5, 5.41) is 5.52. The minimum absolute atomic E-state index is 0.176. The molecule has 6 rings (SSSR count). The summed E-state index contributed by atoms with van der Waals surface area (Å²) in [7, 11) is 1.90. The van der Waals surface area contributed by atoms with Gasteiger partial charge in [0.05, 0.1) is 18.3 Å². The van der Waals surface area contributed by atoms with Crippen LogP contribution in [0, 0.1) is 11.2 Å². The number of anilines is 1. The molecule has 3 fully saturated rings. The summed E-state index contributed by atoms with van der Waals surface area (Å²) >= 11 is 0. The molecule has 1 aliphatic carbocycles. The second kappa shape index (κ2) is 9.03. The van der Waals surface area contributed by atoms with Crippen molar-refractivity contribution in [3.05, 3.63) is 42.5 Å². The number of amides is 1. The zero-order chi connectivity index (χ0) is 24.9. The number of carbonyl (C=O) groups is 1. The quantitative estimate of drug-likeness (QED) is 0.550. The molecule has 36 heavy (non-hydrogen) atoms. The van der Waals surface area contributed by atoms with Gasteiger partial charge < -0.3 is 14.5 Å². The largest absolute Gasteiger partial charge is 0.450 e. The van der Waals surface area contributed by atoms with E-state index in [1.165, 1.54) is 19.0 Å². The standard InChI is InChI=1S/C27H33FN6O2/c1-3-36-26(35)34-17-27(18-34)8-7-20(14-27)32-9-11-33(12-10-32)25-22(13-19(28)15-29-25)21-5-4-6-24-23(21)16-31(2)30-24/h4-6,13,15-16,20H,3,7-12,14,17-18H2,1-2H3/t20-/m1/s1. The van der Waals surface area contributed by atoms with Crippen molar-refractivity contribution in [1.29, 1.82) is 0 Å². The van der Waals surface area contributed by atoms with Gasteiger partial charge in [-0.05, 0) is 43.9 Å². The molecule has 0 unspecified atom stereocenters. The SMILES string of the molecule is CCOC(=O)N1CC2(CC[C@@H](N3CCN(c4ncc(F)cc4-c4cccc5nn(C)cc45)CC3)C2)C1. The Morgan fingerprint density at radius 3 is 2.78 bits per heavy atom. The molecule has 3 aromatic rings. The van der Waals surface area contributed by atoms with Gasteiger partial charge in [0, 0.05) is 74.9 Å². The number of piperazine rings is 1. The topological polar surface area (TPSA) is 66.7 Å². The van der Waals surface area contributed by atoms with Crippen molar-refractivity contribution in [2.45, 2.75) is 32.2 Å². The predicted octanol–water partition coefficient (Wildman–Crippen LogP) is 3.91. The minimum atomic E-state index is -0.332. The van der Waals surface area contributed by atoms with E-state index in [2.05, 4.69) is 19.9 Å². The van der Waals surface area contributed by atoms with Gasteiger partial charge >= 0.3 is 6.09 Å². The van der Waals surface area contributed by atoms with E-state index in [1.54, 1.807) is 10.7 Å². The fourth-order valence-corrected chi connectivity index (χ4v) is 6.46. The second-order valence-corrected chi connectivity index (χ2v) is 10.5. The molecular formula is C27H33FN6O2. The highest BCUT2D eigenvalue weighted by Crippen LogP contribution is 2.47. The summed E-state index contributed by atoms with van der Waals surface area (Å²) in [6.45, 7) is 7.55. The molecule has 2 aromatic heterocycles. The van der Waals surface area contributed by atoms with E-state index in [4.69, 9.17) is 4.74 Å². The molecule has 8 nitrogen and oxygen atoms in total. The number of hydrogen-bond acceptors (Lipinski definition) is 6. The molecule has 1 spiro atoms. The second-order valence-electron chi connectivity index (χ2n) is 10.5. The molecule has 0 bridgehead atoms. The first kappa shape index (κ1) is 23.2. The van der Waals surface area contributed by atoms with Crippen LogP contribution in [0.1, 0.15) is 26.2 Å². The van der Waals surface area contributed by atoms with Crippen molar-refractivity contribution in [3.63, 3.8) is 0 Å². The van der Waals surface area contributed by atoms with Crippen LogP contribution >= 0.6 is 0 Å². The Labute approximate surface area is 210 Å². The van der Waals surface area contributed by atoms with Crippen LogP contribution in [0.4, 0.5) is 15.0 Å². The van der Waals surface area contributed by atoms with Crippen molar-refractivity contribution in [2.75, 3.05) is 50.8 Å². The van der Waals surface area contributed by atoms with Crippen LogP contribution in [0.3, 0.4) is 0 Å². The first-order valence-corrected chi connectivity index (χ1v) is 12.9. The zero-order valence-electron chi connectivity index (χ0n) is 21.0. The minimum Gasteiger partial charge on any atom is -0.450 e. The van der Waals surface area contributed by atoms with Crippen LogP contribution in [-0.4, -0.2) is 82.6 Å². The van der Waals surface area contributed by atoms with Crippen molar-refractivity contribution in [3.8, 4) is 11.1 Å². The Morgan fingerprint density at radius 2 is 2.00 bits per heavy atom.